The third-order valence-electron chi connectivity index (χ3n) is 6.08. The molecule has 1 spiro atoms. The van der Waals surface area contributed by atoms with Crippen LogP contribution in [0.25, 0.3) is 11.0 Å². The van der Waals surface area contributed by atoms with Gasteiger partial charge in [-0.3, -0.25) is 9.40 Å². The van der Waals surface area contributed by atoms with E-state index in [0.717, 1.165) is 24.8 Å². The number of hydrogen-bond acceptors (Lipinski definition) is 7. The van der Waals surface area contributed by atoms with Crippen LogP contribution in [-0.2, 0) is 21.3 Å². The van der Waals surface area contributed by atoms with E-state index in [2.05, 4.69) is 15.0 Å². The highest BCUT2D eigenvalue weighted by atomic mass is 32.2. The standard InChI is InChI=1S/C20H24N4O5S/c1-27-16-8-14(11-24-7-3-6-21-24)9-17-18(16)19(22-29-17)23-30(25,26)12-15-10-20(13-28-15)4-2-5-20/h3,6-9,15H,2,4-5,10-13H2,1H3,(H,22,23). The lowest BCUT2D eigenvalue weighted by molar-refractivity contribution is 0.0751. The van der Waals surface area contributed by atoms with Gasteiger partial charge in [0.25, 0.3) is 0 Å². The Morgan fingerprint density at radius 2 is 2.23 bits per heavy atom. The summed E-state index contributed by atoms with van der Waals surface area (Å²) in [6.45, 7) is 1.19. The van der Waals surface area contributed by atoms with Gasteiger partial charge in [0.05, 0.1) is 32.1 Å². The predicted octanol–water partition coefficient (Wildman–Crippen LogP) is 2.78. The van der Waals surface area contributed by atoms with Crippen LogP contribution in [0.2, 0.25) is 0 Å². The van der Waals surface area contributed by atoms with Gasteiger partial charge in [0.1, 0.15) is 11.1 Å². The zero-order chi connectivity index (χ0) is 20.8. The molecule has 0 radical (unpaired) electrons. The molecule has 1 saturated carbocycles. The van der Waals surface area contributed by atoms with E-state index in [-0.39, 0.29) is 23.1 Å². The molecule has 5 rings (SSSR count). The summed E-state index contributed by atoms with van der Waals surface area (Å²) in [6.07, 6.45) is 7.53. The molecule has 1 N–H and O–H groups in total. The molecule has 160 valence electrons. The quantitative estimate of drug-likeness (QED) is 0.611. The van der Waals surface area contributed by atoms with Crippen LogP contribution < -0.4 is 9.46 Å². The van der Waals surface area contributed by atoms with Crippen molar-refractivity contribution in [2.45, 2.75) is 38.3 Å². The highest BCUT2D eigenvalue weighted by Crippen LogP contribution is 2.49. The van der Waals surface area contributed by atoms with Gasteiger partial charge >= 0.3 is 0 Å². The van der Waals surface area contributed by atoms with Gasteiger partial charge in [-0.15, -0.1) is 0 Å². The average molecular weight is 433 g/mol. The maximum Gasteiger partial charge on any atom is 0.236 e. The van der Waals surface area contributed by atoms with Crippen molar-refractivity contribution in [3.63, 3.8) is 0 Å². The highest BCUT2D eigenvalue weighted by Gasteiger charge is 2.45. The molecule has 10 heteroatoms. The van der Waals surface area contributed by atoms with Crippen LogP contribution >= 0.6 is 0 Å². The summed E-state index contributed by atoms with van der Waals surface area (Å²) in [7, 11) is -2.13. The molecule has 9 nitrogen and oxygen atoms in total. The van der Waals surface area contributed by atoms with Crippen molar-refractivity contribution in [2.24, 2.45) is 5.41 Å². The normalized spacial score (nSPS) is 20.5. The van der Waals surface area contributed by atoms with Crippen LogP contribution in [0.4, 0.5) is 5.82 Å². The predicted molar refractivity (Wildman–Crippen MR) is 110 cm³/mol. The summed E-state index contributed by atoms with van der Waals surface area (Å²) in [4.78, 5) is 0. The number of hydrogen-bond donors (Lipinski definition) is 1. The smallest absolute Gasteiger partial charge is 0.236 e. The number of sulfonamides is 1. The first kappa shape index (κ1) is 19.4. The first-order valence-corrected chi connectivity index (χ1v) is 11.7. The average Bonchev–Trinajstić information content (AvgIpc) is 3.41. The number of benzene rings is 1. The number of rotatable bonds is 7. The third kappa shape index (κ3) is 3.65. The van der Waals surface area contributed by atoms with Crippen LogP contribution in [0.15, 0.2) is 35.1 Å². The zero-order valence-electron chi connectivity index (χ0n) is 16.7. The van der Waals surface area contributed by atoms with Crippen molar-refractivity contribution in [1.82, 2.24) is 14.9 Å². The minimum absolute atomic E-state index is 0.0944. The molecule has 2 fully saturated rings. The van der Waals surface area contributed by atoms with Gasteiger partial charge in [-0.05, 0) is 48.4 Å². The van der Waals surface area contributed by atoms with Crippen LogP contribution in [0.3, 0.4) is 0 Å². The molecule has 30 heavy (non-hydrogen) atoms. The maximum absolute atomic E-state index is 12.8. The fourth-order valence-corrected chi connectivity index (χ4v) is 5.68. The Morgan fingerprint density at radius 3 is 2.90 bits per heavy atom. The minimum atomic E-state index is -3.66. The number of nitrogens with zero attached hydrogens (tertiary/aromatic N) is 3. The van der Waals surface area contributed by atoms with Gasteiger partial charge in [0, 0.05) is 12.4 Å². The first-order valence-electron chi connectivity index (χ1n) is 10.0. The molecule has 0 amide bonds. The second kappa shape index (κ2) is 7.28. The summed E-state index contributed by atoms with van der Waals surface area (Å²) >= 11 is 0. The Labute approximate surface area is 174 Å². The second-order valence-corrected chi connectivity index (χ2v) is 10.0. The van der Waals surface area contributed by atoms with E-state index in [9.17, 15) is 8.42 Å². The summed E-state index contributed by atoms with van der Waals surface area (Å²) in [5.41, 5.74) is 1.55. The highest BCUT2D eigenvalue weighted by molar-refractivity contribution is 7.92. The van der Waals surface area contributed by atoms with Crippen molar-refractivity contribution in [3.05, 3.63) is 36.2 Å². The molecule has 3 aromatic rings. The van der Waals surface area contributed by atoms with Crippen LogP contribution in [0, 0.1) is 5.41 Å². The lowest BCUT2D eigenvalue weighted by Gasteiger charge is -2.36. The minimum Gasteiger partial charge on any atom is -0.496 e. The van der Waals surface area contributed by atoms with E-state index >= 15 is 0 Å². The van der Waals surface area contributed by atoms with Crippen molar-refractivity contribution in [2.75, 3.05) is 24.2 Å². The van der Waals surface area contributed by atoms with E-state index < -0.39 is 10.0 Å². The van der Waals surface area contributed by atoms with E-state index in [1.807, 2.05) is 24.4 Å². The largest absolute Gasteiger partial charge is 0.496 e. The van der Waals surface area contributed by atoms with Crippen LogP contribution in [-0.4, -0.2) is 48.9 Å². The first-order chi connectivity index (χ1) is 14.5. The molecule has 0 bridgehead atoms. The van der Waals surface area contributed by atoms with Crippen molar-refractivity contribution in [1.29, 1.82) is 0 Å². The van der Waals surface area contributed by atoms with Gasteiger partial charge in [0.15, 0.2) is 11.4 Å². The van der Waals surface area contributed by atoms with Gasteiger partial charge in [0.2, 0.25) is 10.0 Å². The topological polar surface area (TPSA) is 108 Å². The van der Waals surface area contributed by atoms with Crippen molar-refractivity contribution < 1.29 is 22.4 Å². The number of methoxy groups -OCH3 is 1. The fraction of sp³-hybridized carbons (Fsp3) is 0.500. The van der Waals surface area contributed by atoms with Gasteiger partial charge < -0.3 is 14.0 Å². The van der Waals surface area contributed by atoms with Crippen LogP contribution in [0.1, 0.15) is 31.2 Å². The van der Waals surface area contributed by atoms with Gasteiger partial charge in [-0.1, -0.05) is 11.6 Å². The van der Waals surface area contributed by atoms with E-state index in [1.54, 1.807) is 10.9 Å². The van der Waals surface area contributed by atoms with Crippen molar-refractivity contribution in [3.8, 4) is 5.75 Å². The maximum atomic E-state index is 12.8. The molecule has 1 atom stereocenters. The number of ether oxygens (including phenoxy) is 2. The Balaban J connectivity index is 1.36. The molecule has 3 heterocycles. The Kier molecular flexibility index (Phi) is 4.70. The molecule has 1 unspecified atom stereocenters. The molecular weight excluding hydrogens is 408 g/mol. The lowest BCUT2D eigenvalue weighted by Crippen LogP contribution is -2.31. The number of anilines is 1. The Hall–Kier alpha value is -2.59. The fourth-order valence-electron chi connectivity index (χ4n) is 4.45. The second-order valence-electron chi connectivity index (χ2n) is 8.28. The summed E-state index contributed by atoms with van der Waals surface area (Å²) in [5.74, 6) is 0.519. The summed E-state index contributed by atoms with van der Waals surface area (Å²) < 4.78 is 46.5. The zero-order valence-corrected chi connectivity index (χ0v) is 17.5. The number of aromatic nitrogens is 3. The molecular formula is C20H24N4O5S. The van der Waals surface area contributed by atoms with Crippen molar-refractivity contribution >= 4 is 26.8 Å². The SMILES string of the molecule is COc1cc(Cn2cccn2)cc2onc(NS(=O)(=O)CC3CC4(CCC4)CO3)c12. The number of nitrogens with one attached hydrogen (secondary N) is 1. The number of fused-ring (bicyclic) bond motifs is 1. The van der Waals surface area contributed by atoms with Gasteiger partial charge in [-0.2, -0.15) is 5.10 Å². The summed E-state index contributed by atoms with van der Waals surface area (Å²) in [5, 5.41) is 8.64. The molecule has 2 aliphatic rings. The lowest BCUT2D eigenvalue weighted by atomic mass is 9.68. The van der Waals surface area contributed by atoms with E-state index in [4.69, 9.17) is 14.0 Å². The van der Waals surface area contributed by atoms with Gasteiger partial charge in [-0.25, -0.2) is 8.42 Å². The third-order valence-corrected chi connectivity index (χ3v) is 7.39. The van der Waals surface area contributed by atoms with E-state index in [0.29, 0.717) is 29.9 Å². The monoisotopic (exact) mass is 432 g/mol. The van der Waals surface area contributed by atoms with Crippen LogP contribution in [0.5, 0.6) is 5.75 Å². The van der Waals surface area contributed by atoms with E-state index in [1.165, 1.54) is 13.5 Å². The Morgan fingerprint density at radius 1 is 1.37 bits per heavy atom. The molecule has 1 aromatic carbocycles. The molecule has 1 saturated heterocycles. The molecule has 2 aromatic heterocycles. The summed E-state index contributed by atoms with van der Waals surface area (Å²) in [6, 6.07) is 5.49. The molecule has 1 aliphatic carbocycles. The molecule has 1 aliphatic heterocycles. The Bertz CT molecular complexity index is 1150.